The fourth-order valence-electron chi connectivity index (χ4n) is 2.63. The SMILES string of the molecule is Clc1cccc2c3ccccc3n(CC3CO3)c12. The summed E-state index contributed by atoms with van der Waals surface area (Å²) in [6.07, 6.45) is 0.347. The van der Waals surface area contributed by atoms with Crippen LogP contribution in [0.5, 0.6) is 0 Å². The lowest BCUT2D eigenvalue weighted by Gasteiger charge is -2.05. The minimum atomic E-state index is 0.347. The van der Waals surface area contributed by atoms with Crippen LogP contribution >= 0.6 is 11.6 Å². The highest BCUT2D eigenvalue weighted by molar-refractivity contribution is 6.36. The molecule has 3 heteroatoms. The molecule has 1 aliphatic heterocycles. The summed E-state index contributed by atoms with van der Waals surface area (Å²) in [6, 6.07) is 14.5. The summed E-state index contributed by atoms with van der Waals surface area (Å²) in [6.45, 7) is 1.74. The number of nitrogens with zero attached hydrogens (tertiary/aromatic N) is 1. The number of benzene rings is 2. The zero-order valence-electron chi connectivity index (χ0n) is 9.77. The fraction of sp³-hybridized carbons (Fsp3) is 0.200. The standard InChI is InChI=1S/C15H12ClNO/c16-13-6-3-5-12-11-4-1-2-7-14(11)17(15(12)13)8-10-9-18-10/h1-7,10H,8-9H2. The van der Waals surface area contributed by atoms with Crippen molar-refractivity contribution in [2.75, 3.05) is 6.61 Å². The first-order valence-electron chi connectivity index (χ1n) is 6.11. The third kappa shape index (κ3) is 1.46. The molecule has 0 bridgehead atoms. The van der Waals surface area contributed by atoms with Crippen molar-refractivity contribution in [1.82, 2.24) is 4.57 Å². The summed E-state index contributed by atoms with van der Waals surface area (Å²) in [5, 5.41) is 3.29. The molecule has 0 saturated carbocycles. The minimum Gasteiger partial charge on any atom is -0.371 e. The van der Waals surface area contributed by atoms with Crippen LogP contribution < -0.4 is 0 Å². The maximum Gasteiger partial charge on any atom is 0.0988 e. The van der Waals surface area contributed by atoms with Crippen molar-refractivity contribution in [2.24, 2.45) is 0 Å². The molecule has 0 amide bonds. The van der Waals surface area contributed by atoms with Gasteiger partial charge in [0.2, 0.25) is 0 Å². The van der Waals surface area contributed by atoms with Crippen molar-refractivity contribution in [3.8, 4) is 0 Å². The van der Waals surface area contributed by atoms with Gasteiger partial charge in [0.25, 0.3) is 0 Å². The largest absolute Gasteiger partial charge is 0.371 e. The first kappa shape index (κ1) is 10.4. The molecule has 90 valence electrons. The molecule has 0 aliphatic carbocycles. The third-order valence-electron chi connectivity index (χ3n) is 3.53. The van der Waals surface area contributed by atoms with Gasteiger partial charge in [-0.1, -0.05) is 41.9 Å². The highest BCUT2D eigenvalue weighted by atomic mass is 35.5. The normalized spacial score (nSPS) is 18.6. The predicted molar refractivity (Wildman–Crippen MR) is 74.2 cm³/mol. The second kappa shape index (κ2) is 3.74. The lowest BCUT2D eigenvalue weighted by Crippen LogP contribution is -2.03. The first-order chi connectivity index (χ1) is 8.84. The topological polar surface area (TPSA) is 17.5 Å². The molecule has 2 aromatic carbocycles. The number of para-hydroxylation sites is 2. The van der Waals surface area contributed by atoms with Gasteiger partial charge in [-0.05, 0) is 12.1 Å². The van der Waals surface area contributed by atoms with Gasteiger partial charge in [-0.15, -0.1) is 0 Å². The molecule has 1 saturated heterocycles. The summed E-state index contributed by atoms with van der Waals surface area (Å²) in [5.74, 6) is 0. The van der Waals surface area contributed by atoms with E-state index in [-0.39, 0.29) is 0 Å². The van der Waals surface area contributed by atoms with Gasteiger partial charge < -0.3 is 9.30 Å². The third-order valence-corrected chi connectivity index (χ3v) is 3.84. The molecule has 1 aliphatic rings. The molecule has 1 fully saturated rings. The number of rotatable bonds is 2. The van der Waals surface area contributed by atoms with Crippen LogP contribution in [-0.2, 0) is 11.3 Å². The average Bonchev–Trinajstić information content (AvgIpc) is 3.15. The monoisotopic (exact) mass is 257 g/mol. The van der Waals surface area contributed by atoms with E-state index >= 15 is 0 Å². The van der Waals surface area contributed by atoms with E-state index in [1.165, 1.54) is 16.3 Å². The Morgan fingerprint density at radius 2 is 1.89 bits per heavy atom. The van der Waals surface area contributed by atoms with E-state index in [1.54, 1.807) is 0 Å². The summed E-state index contributed by atoms with van der Waals surface area (Å²) in [4.78, 5) is 0. The molecule has 1 unspecified atom stereocenters. The number of ether oxygens (including phenoxy) is 1. The molecule has 3 aromatic rings. The molecule has 0 radical (unpaired) electrons. The van der Waals surface area contributed by atoms with Gasteiger partial charge in [0.05, 0.1) is 29.8 Å². The molecule has 1 atom stereocenters. The van der Waals surface area contributed by atoms with Crippen LogP contribution in [0.25, 0.3) is 21.8 Å². The number of hydrogen-bond donors (Lipinski definition) is 0. The van der Waals surface area contributed by atoms with Crippen molar-refractivity contribution < 1.29 is 4.74 Å². The predicted octanol–water partition coefficient (Wildman–Crippen LogP) is 3.85. The summed E-state index contributed by atoms with van der Waals surface area (Å²) >= 11 is 6.38. The second-order valence-corrected chi connectivity index (χ2v) is 5.13. The second-order valence-electron chi connectivity index (χ2n) is 4.72. The Kier molecular flexibility index (Phi) is 2.16. The van der Waals surface area contributed by atoms with Crippen LogP contribution in [0.4, 0.5) is 0 Å². The zero-order valence-corrected chi connectivity index (χ0v) is 10.5. The average molecular weight is 258 g/mol. The molecule has 1 aromatic heterocycles. The lowest BCUT2D eigenvalue weighted by atomic mass is 10.2. The Morgan fingerprint density at radius 1 is 1.11 bits per heavy atom. The maximum absolute atomic E-state index is 6.38. The van der Waals surface area contributed by atoms with Crippen LogP contribution in [0.2, 0.25) is 5.02 Å². The number of halogens is 1. The number of fused-ring (bicyclic) bond motifs is 3. The van der Waals surface area contributed by atoms with Crippen molar-refractivity contribution in [1.29, 1.82) is 0 Å². The molecule has 2 nitrogen and oxygen atoms in total. The Labute approximate surface area is 110 Å². The lowest BCUT2D eigenvalue weighted by molar-refractivity contribution is 0.387. The van der Waals surface area contributed by atoms with E-state index in [0.717, 1.165) is 23.7 Å². The molecule has 0 N–H and O–H groups in total. The summed E-state index contributed by atoms with van der Waals surface area (Å²) in [7, 11) is 0. The van der Waals surface area contributed by atoms with E-state index < -0.39 is 0 Å². The van der Waals surface area contributed by atoms with Crippen molar-refractivity contribution in [2.45, 2.75) is 12.6 Å². The van der Waals surface area contributed by atoms with E-state index in [0.29, 0.717) is 6.10 Å². The summed E-state index contributed by atoms with van der Waals surface area (Å²) in [5.41, 5.74) is 2.35. The van der Waals surface area contributed by atoms with Crippen molar-refractivity contribution >= 4 is 33.4 Å². The Bertz CT molecular complexity index is 743. The van der Waals surface area contributed by atoms with Crippen LogP contribution in [0.1, 0.15) is 0 Å². The molecule has 18 heavy (non-hydrogen) atoms. The van der Waals surface area contributed by atoms with Crippen LogP contribution in [0, 0.1) is 0 Å². The van der Waals surface area contributed by atoms with Gasteiger partial charge in [-0.3, -0.25) is 0 Å². The Balaban J connectivity index is 2.13. The van der Waals surface area contributed by atoms with Gasteiger partial charge in [0.15, 0.2) is 0 Å². The highest BCUT2D eigenvalue weighted by Crippen LogP contribution is 2.34. The van der Waals surface area contributed by atoms with E-state index in [1.807, 2.05) is 12.1 Å². The molecule has 0 spiro atoms. The van der Waals surface area contributed by atoms with Gasteiger partial charge in [-0.2, -0.15) is 0 Å². The first-order valence-corrected chi connectivity index (χ1v) is 6.49. The van der Waals surface area contributed by atoms with Crippen LogP contribution in [-0.4, -0.2) is 17.3 Å². The van der Waals surface area contributed by atoms with Crippen LogP contribution in [0.3, 0.4) is 0 Å². The molecule has 4 rings (SSSR count). The highest BCUT2D eigenvalue weighted by Gasteiger charge is 2.25. The number of epoxide rings is 1. The minimum absolute atomic E-state index is 0.347. The van der Waals surface area contributed by atoms with Crippen molar-refractivity contribution in [3.63, 3.8) is 0 Å². The van der Waals surface area contributed by atoms with Crippen molar-refractivity contribution in [3.05, 3.63) is 47.5 Å². The van der Waals surface area contributed by atoms with Gasteiger partial charge in [-0.25, -0.2) is 0 Å². The molecular weight excluding hydrogens is 246 g/mol. The quantitative estimate of drug-likeness (QED) is 0.638. The van der Waals surface area contributed by atoms with Gasteiger partial charge >= 0.3 is 0 Å². The summed E-state index contributed by atoms with van der Waals surface area (Å²) < 4.78 is 7.64. The van der Waals surface area contributed by atoms with E-state index in [9.17, 15) is 0 Å². The van der Waals surface area contributed by atoms with Gasteiger partial charge in [0, 0.05) is 16.3 Å². The zero-order chi connectivity index (χ0) is 12.1. The molecule has 2 heterocycles. The number of hydrogen-bond acceptors (Lipinski definition) is 1. The Hall–Kier alpha value is -1.51. The van der Waals surface area contributed by atoms with E-state index in [4.69, 9.17) is 16.3 Å². The van der Waals surface area contributed by atoms with Gasteiger partial charge in [0.1, 0.15) is 0 Å². The smallest absolute Gasteiger partial charge is 0.0988 e. The Morgan fingerprint density at radius 3 is 2.72 bits per heavy atom. The van der Waals surface area contributed by atoms with E-state index in [2.05, 4.69) is 34.9 Å². The maximum atomic E-state index is 6.38. The molecular formula is C15H12ClNO. The van der Waals surface area contributed by atoms with Crippen LogP contribution in [0.15, 0.2) is 42.5 Å². The fourth-order valence-corrected chi connectivity index (χ4v) is 2.91. The number of aromatic nitrogens is 1.